The van der Waals surface area contributed by atoms with Crippen LogP contribution >= 0.6 is 11.3 Å². The second kappa shape index (κ2) is 6.85. The number of hydrogen-bond acceptors (Lipinski definition) is 5. The van der Waals surface area contributed by atoms with E-state index in [9.17, 15) is 9.59 Å². The summed E-state index contributed by atoms with van der Waals surface area (Å²) in [7, 11) is 1.80. The molecule has 1 amide bonds. The third kappa shape index (κ3) is 3.19. The van der Waals surface area contributed by atoms with Gasteiger partial charge in [-0.25, -0.2) is 4.79 Å². The monoisotopic (exact) mass is 296 g/mol. The summed E-state index contributed by atoms with van der Waals surface area (Å²) in [6.07, 6.45) is 3.34. The quantitative estimate of drug-likeness (QED) is 0.788. The number of rotatable bonds is 6. The summed E-state index contributed by atoms with van der Waals surface area (Å²) in [5.41, 5.74) is 1.64. The van der Waals surface area contributed by atoms with Crippen molar-refractivity contribution in [3.05, 3.63) is 16.0 Å². The van der Waals surface area contributed by atoms with Gasteiger partial charge >= 0.3 is 5.97 Å². The summed E-state index contributed by atoms with van der Waals surface area (Å²) < 4.78 is 5.12. The largest absolute Gasteiger partial charge is 0.462 e. The first-order valence-corrected chi connectivity index (χ1v) is 7.75. The molecular formula is C14H20N2O3S. The normalized spacial score (nSPS) is 13.1. The Morgan fingerprint density at radius 2 is 2.15 bits per heavy atom. The summed E-state index contributed by atoms with van der Waals surface area (Å²) in [5, 5.41) is 6.43. The molecular weight excluding hydrogens is 276 g/mol. The standard InChI is InChI=1S/C14H20N2O3S/c1-3-19-14(18)12-9-5-4-6-10(9)20-13(12)16-11(17)7-8-15-2/h15H,3-8H2,1-2H3,(H,16,17). The van der Waals surface area contributed by atoms with Gasteiger partial charge in [0.25, 0.3) is 0 Å². The van der Waals surface area contributed by atoms with Crippen LogP contribution < -0.4 is 10.6 Å². The van der Waals surface area contributed by atoms with Crippen LogP contribution in [0.2, 0.25) is 0 Å². The number of ether oxygens (including phenoxy) is 1. The van der Waals surface area contributed by atoms with E-state index >= 15 is 0 Å². The zero-order chi connectivity index (χ0) is 14.5. The van der Waals surface area contributed by atoms with E-state index in [2.05, 4.69) is 10.6 Å². The minimum Gasteiger partial charge on any atom is -0.462 e. The average Bonchev–Trinajstić information content (AvgIpc) is 2.96. The van der Waals surface area contributed by atoms with Gasteiger partial charge in [0.05, 0.1) is 12.2 Å². The molecule has 6 heteroatoms. The van der Waals surface area contributed by atoms with Gasteiger partial charge in [0.15, 0.2) is 0 Å². The third-order valence-electron chi connectivity index (χ3n) is 3.26. The second-order valence-corrected chi connectivity index (χ2v) is 5.79. The van der Waals surface area contributed by atoms with Gasteiger partial charge in [0.2, 0.25) is 5.91 Å². The first kappa shape index (κ1) is 15.0. The number of amides is 1. The van der Waals surface area contributed by atoms with Gasteiger partial charge in [-0.05, 0) is 38.8 Å². The van der Waals surface area contributed by atoms with Crippen molar-refractivity contribution in [1.29, 1.82) is 0 Å². The van der Waals surface area contributed by atoms with Gasteiger partial charge in [-0.15, -0.1) is 11.3 Å². The van der Waals surface area contributed by atoms with Crippen LogP contribution in [0.15, 0.2) is 0 Å². The zero-order valence-corrected chi connectivity index (χ0v) is 12.7. The summed E-state index contributed by atoms with van der Waals surface area (Å²) in [4.78, 5) is 25.1. The molecule has 2 N–H and O–H groups in total. The van der Waals surface area contributed by atoms with Crippen molar-refractivity contribution in [3.63, 3.8) is 0 Å². The number of carbonyl (C=O) groups excluding carboxylic acids is 2. The first-order chi connectivity index (χ1) is 9.67. The molecule has 5 nitrogen and oxygen atoms in total. The van der Waals surface area contributed by atoms with Crippen LogP contribution in [0, 0.1) is 0 Å². The summed E-state index contributed by atoms with van der Waals surface area (Å²) in [5.74, 6) is -0.402. The maximum absolute atomic E-state index is 12.1. The van der Waals surface area contributed by atoms with Crippen molar-refractivity contribution >= 4 is 28.2 Å². The molecule has 0 unspecified atom stereocenters. The Kier molecular flexibility index (Phi) is 5.14. The highest BCUT2D eigenvalue weighted by molar-refractivity contribution is 7.17. The van der Waals surface area contributed by atoms with Crippen molar-refractivity contribution in [2.24, 2.45) is 0 Å². The lowest BCUT2D eigenvalue weighted by atomic mass is 10.1. The molecule has 1 aliphatic rings. The second-order valence-electron chi connectivity index (χ2n) is 4.68. The maximum Gasteiger partial charge on any atom is 0.341 e. The van der Waals surface area contributed by atoms with Crippen LogP contribution in [-0.4, -0.2) is 32.1 Å². The van der Waals surface area contributed by atoms with E-state index in [-0.39, 0.29) is 11.9 Å². The van der Waals surface area contributed by atoms with Crippen LogP contribution in [0.3, 0.4) is 0 Å². The Morgan fingerprint density at radius 1 is 1.35 bits per heavy atom. The number of hydrogen-bond donors (Lipinski definition) is 2. The van der Waals surface area contributed by atoms with Gasteiger partial charge < -0.3 is 15.4 Å². The molecule has 0 bridgehead atoms. The highest BCUT2D eigenvalue weighted by Gasteiger charge is 2.28. The highest BCUT2D eigenvalue weighted by Crippen LogP contribution is 2.39. The number of esters is 1. The van der Waals surface area contributed by atoms with E-state index < -0.39 is 0 Å². The van der Waals surface area contributed by atoms with Gasteiger partial charge in [0, 0.05) is 17.8 Å². The van der Waals surface area contributed by atoms with E-state index in [0.29, 0.717) is 30.1 Å². The van der Waals surface area contributed by atoms with Crippen LogP contribution in [0.1, 0.15) is 40.6 Å². The minimum absolute atomic E-state index is 0.0789. The summed E-state index contributed by atoms with van der Waals surface area (Å²) in [6.45, 7) is 2.75. The lowest BCUT2D eigenvalue weighted by Gasteiger charge is -2.07. The fraction of sp³-hybridized carbons (Fsp3) is 0.571. The molecule has 2 rings (SSSR count). The SMILES string of the molecule is CCOC(=O)c1c(NC(=O)CCNC)sc2c1CCC2. The number of nitrogens with one attached hydrogen (secondary N) is 2. The van der Waals surface area contributed by atoms with Crippen molar-refractivity contribution in [3.8, 4) is 0 Å². The predicted octanol–water partition coefficient (Wildman–Crippen LogP) is 1.96. The predicted molar refractivity (Wildman–Crippen MR) is 79.5 cm³/mol. The fourth-order valence-electron chi connectivity index (χ4n) is 2.34. The van der Waals surface area contributed by atoms with Crippen LogP contribution in [0.5, 0.6) is 0 Å². The van der Waals surface area contributed by atoms with Gasteiger partial charge in [0.1, 0.15) is 5.00 Å². The molecule has 0 radical (unpaired) electrons. The van der Waals surface area contributed by atoms with Gasteiger partial charge in [-0.3, -0.25) is 4.79 Å². The smallest absolute Gasteiger partial charge is 0.341 e. The molecule has 0 aromatic carbocycles. The van der Waals surface area contributed by atoms with Crippen molar-refractivity contribution < 1.29 is 14.3 Å². The Bertz CT molecular complexity index is 511. The number of aryl methyl sites for hydroxylation is 1. The summed E-state index contributed by atoms with van der Waals surface area (Å²) >= 11 is 1.51. The van der Waals surface area contributed by atoms with E-state index in [1.54, 1.807) is 14.0 Å². The molecule has 0 saturated carbocycles. The molecule has 0 aliphatic heterocycles. The van der Waals surface area contributed by atoms with Gasteiger partial charge in [-0.1, -0.05) is 0 Å². The van der Waals surface area contributed by atoms with Crippen LogP contribution in [-0.2, 0) is 22.4 Å². The van der Waals surface area contributed by atoms with E-state index in [0.717, 1.165) is 24.8 Å². The molecule has 1 aliphatic carbocycles. The Balaban J connectivity index is 2.19. The molecule has 1 heterocycles. The third-order valence-corrected chi connectivity index (χ3v) is 4.46. The maximum atomic E-state index is 12.1. The lowest BCUT2D eigenvalue weighted by Crippen LogP contribution is -2.19. The van der Waals surface area contributed by atoms with Gasteiger partial charge in [-0.2, -0.15) is 0 Å². The summed E-state index contributed by atoms with van der Waals surface area (Å²) in [6, 6.07) is 0. The molecule has 0 atom stereocenters. The van der Waals surface area contributed by atoms with Crippen molar-refractivity contribution in [2.75, 3.05) is 25.5 Å². The first-order valence-electron chi connectivity index (χ1n) is 6.93. The van der Waals surface area contributed by atoms with Crippen molar-refractivity contribution in [1.82, 2.24) is 5.32 Å². The number of carbonyl (C=O) groups is 2. The van der Waals surface area contributed by atoms with E-state index in [1.807, 2.05) is 0 Å². The van der Waals surface area contributed by atoms with Crippen molar-refractivity contribution in [2.45, 2.75) is 32.6 Å². The molecule has 0 spiro atoms. The minimum atomic E-state index is -0.323. The molecule has 1 aromatic rings. The molecule has 20 heavy (non-hydrogen) atoms. The molecule has 0 fully saturated rings. The fourth-order valence-corrected chi connectivity index (χ4v) is 3.63. The topological polar surface area (TPSA) is 67.4 Å². The van der Waals surface area contributed by atoms with Crippen LogP contribution in [0.25, 0.3) is 0 Å². The lowest BCUT2D eigenvalue weighted by molar-refractivity contribution is -0.116. The number of thiophene rings is 1. The zero-order valence-electron chi connectivity index (χ0n) is 11.9. The van der Waals surface area contributed by atoms with E-state index in [4.69, 9.17) is 4.74 Å². The molecule has 0 saturated heterocycles. The number of anilines is 1. The van der Waals surface area contributed by atoms with E-state index in [1.165, 1.54) is 16.2 Å². The average molecular weight is 296 g/mol. The highest BCUT2D eigenvalue weighted by atomic mass is 32.1. The molecule has 1 aromatic heterocycles. The Morgan fingerprint density at radius 3 is 2.85 bits per heavy atom. The van der Waals surface area contributed by atoms with Crippen LogP contribution in [0.4, 0.5) is 5.00 Å². The number of fused-ring (bicyclic) bond motifs is 1. The Hall–Kier alpha value is -1.40. The Labute approximate surface area is 122 Å². The molecule has 110 valence electrons.